The number of nitrogens with zero attached hydrogens (tertiary/aromatic N) is 1. The third kappa shape index (κ3) is 2.03. The average molecular weight is 262 g/mol. The molecule has 0 bridgehead atoms. The van der Waals surface area contributed by atoms with Crippen molar-refractivity contribution in [2.45, 2.75) is 12.2 Å². The van der Waals surface area contributed by atoms with Crippen molar-refractivity contribution in [1.82, 2.24) is 4.98 Å². The van der Waals surface area contributed by atoms with Crippen LogP contribution in [0, 0.1) is 0 Å². The molecule has 1 aliphatic rings. The molecule has 2 rings (SSSR count). The Labute approximate surface area is 97.0 Å². The molecule has 0 fully saturated rings. The number of halogens is 1. The second-order valence-corrected chi connectivity index (χ2v) is 6.12. The van der Waals surface area contributed by atoms with Crippen molar-refractivity contribution < 1.29 is 18.3 Å². The van der Waals surface area contributed by atoms with E-state index in [0.717, 1.165) is 0 Å². The third-order valence-corrected chi connectivity index (χ3v) is 4.27. The Hall–Kier alpha value is -1.14. The maximum Gasteiger partial charge on any atom is 0.338 e. The van der Waals surface area contributed by atoms with E-state index in [2.05, 4.69) is 4.98 Å². The fourth-order valence-electron chi connectivity index (χ4n) is 1.62. The Morgan fingerprint density at radius 1 is 1.50 bits per heavy atom. The van der Waals surface area contributed by atoms with E-state index in [1.165, 1.54) is 6.07 Å². The van der Waals surface area contributed by atoms with Gasteiger partial charge < -0.3 is 5.11 Å². The highest BCUT2D eigenvalue weighted by molar-refractivity contribution is 7.90. The van der Waals surface area contributed by atoms with Gasteiger partial charge >= 0.3 is 5.97 Å². The zero-order valence-corrected chi connectivity index (χ0v) is 9.68. The molecule has 16 heavy (non-hydrogen) atoms. The lowest BCUT2D eigenvalue weighted by Crippen LogP contribution is -2.21. The van der Waals surface area contributed by atoms with Crippen molar-refractivity contribution in [1.29, 1.82) is 0 Å². The molecule has 0 radical (unpaired) electrons. The van der Waals surface area contributed by atoms with Gasteiger partial charge in [-0.1, -0.05) is 11.6 Å². The molecular weight excluding hydrogens is 254 g/mol. The smallest absolute Gasteiger partial charge is 0.338 e. The summed E-state index contributed by atoms with van der Waals surface area (Å²) in [5.41, 5.74) is 0.857. The lowest BCUT2D eigenvalue weighted by molar-refractivity contribution is 0.0696. The van der Waals surface area contributed by atoms with Gasteiger partial charge in [0.05, 0.1) is 17.1 Å². The number of rotatable bonds is 1. The maximum atomic E-state index is 11.4. The number of sulfone groups is 1. The Bertz CT molecular complexity index is 567. The molecule has 0 spiro atoms. The Balaban J connectivity index is 2.56. The molecule has 1 aliphatic heterocycles. The van der Waals surface area contributed by atoms with Gasteiger partial charge in [0.25, 0.3) is 0 Å². The first-order valence-corrected chi connectivity index (χ1v) is 6.71. The Morgan fingerprint density at radius 2 is 2.19 bits per heavy atom. The number of aromatic nitrogens is 1. The van der Waals surface area contributed by atoms with E-state index in [9.17, 15) is 13.2 Å². The highest BCUT2D eigenvalue weighted by Gasteiger charge is 2.25. The standard InChI is InChI=1S/C9H8ClNO4S/c10-8-6(9(12)13)3-5-4-16(14,15)2-1-7(5)11-8/h3H,1-2,4H2,(H,12,13). The summed E-state index contributed by atoms with van der Waals surface area (Å²) >= 11 is 5.69. The minimum atomic E-state index is -3.13. The largest absolute Gasteiger partial charge is 0.478 e. The van der Waals surface area contributed by atoms with E-state index in [0.29, 0.717) is 11.3 Å². The van der Waals surface area contributed by atoms with Crippen molar-refractivity contribution in [3.8, 4) is 0 Å². The molecule has 0 unspecified atom stereocenters. The minimum absolute atomic E-state index is 0.0374. The number of hydrogen-bond donors (Lipinski definition) is 1. The quantitative estimate of drug-likeness (QED) is 0.760. The lowest BCUT2D eigenvalue weighted by atomic mass is 10.1. The summed E-state index contributed by atoms with van der Waals surface area (Å²) in [5, 5.41) is 8.73. The highest BCUT2D eigenvalue weighted by Crippen LogP contribution is 2.24. The minimum Gasteiger partial charge on any atom is -0.478 e. The number of carboxylic acids is 1. The van der Waals surface area contributed by atoms with Crippen LogP contribution in [0.2, 0.25) is 5.15 Å². The van der Waals surface area contributed by atoms with E-state index in [1.54, 1.807) is 0 Å². The number of hydrogen-bond acceptors (Lipinski definition) is 4. The summed E-state index contributed by atoms with van der Waals surface area (Å²) in [6.45, 7) is 0. The molecule has 2 heterocycles. The van der Waals surface area contributed by atoms with Crippen LogP contribution in [0.3, 0.4) is 0 Å². The zero-order valence-electron chi connectivity index (χ0n) is 8.10. The summed E-state index contributed by atoms with van der Waals surface area (Å²) in [7, 11) is -3.13. The molecule has 1 aromatic heterocycles. The van der Waals surface area contributed by atoms with Crippen LogP contribution in [-0.2, 0) is 22.0 Å². The number of fused-ring (bicyclic) bond motifs is 1. The molecule has 86 valence electrons. The molecule has 7 heteroatoms. The molecule has 0 aliphatic carbocycles. The molecule has 0 atom stereocenters. The van der Waals surface area contributed by atoms with Crippen molar-refractivity contribution in [3.05, 3.63) is 28.0 Å². The van der Waals surface area contributed by atoms with E-state index in [-0.39, 0.29) is 28.6 Å². The summed E-state index contributed by atoms with van der Waals surface area (Å²) in [6.07, 6.45) is 0.289. The predicted molar refractivity (Wildman–Crippen MR) is 57.4 cm³/mol. The second-order valence-electron chi connectivity index (χ2n) is 3.58. The molecule has 1 N–H and O–H groups in total. The van der Waals surface area contributed by atoms with Gasteiger partial charge in [0.2, 0.25) is 0 Å². The average Bonchev–Trinajstić information content (AvgIpc) is 2.16. The first-order chi connectivity index (χ1) is 7.39. The summed E-state index contributed by atoms with van der Waals surface area (Å²) in [5.74, 6) is -1.33. The number of carbonyl (C=O) groups is 1. The van der Waals surface area contributed by atoms with Gasteiger partial charge in [-0.05, 0) is 11.6 Å². The topological polar surface area (TPSA) is 84.3 Å². The van der Waals surface area contributed by atoms with Gasteiger partial charge in [-0.25, -0.2) is 18.2 Å². The van der Waals surface area contributed by atoms with E-state index < -0.39 is 15.8 Å². The number of pyridine rings is 1. The van der Waals surface area contributed by atoms with Gasteiger partial charge in [-0.2, -0.15) is 0 Å². The Morgan fingerprint density at radius 3 is 2.81 bits per heavy atom. The first-order valence-electron chi connectivity index (χ1n) is 4.51. The van der Waals surface area contributed by atoms with Crippen LogP contribution >= 0.6 is 11.6 Å². The van der Waals surface area contributed by atoms with Crippen LogP contribution in [0.15, 0.2) is 6.07 Å². The highest BCUT2D eigenvalue weighted by atomic mass is 35.5. The molecule has 0 amide bonds. The van der Waals surface area contributed by atoms with Crippen LogP contribution in [0.1, 0.15) is 21.6 Å². The van der Waals surface area contributed by atoms with Crippen LogP contribution in [-0.4, -0.2) is 30.2 Å². The van der Waals surface area contributed by atoms with Gasteiger partial charge in [0, 0.05) is 12.1 Å². The van der Waals surface area contributed by atoms with E-state index in [1.807, 2.05) is 0 Å². The summed E-state index contributed by atoms with van der Waals surface area (Å²) in [6, 6.07) is 1.30. The third-order valence-electron chi connectivity index (χ3n) is 2.40. The normalized spacial score (nSPS) is 17.8. The zero-order chi connectivity index (χ0) is 11.9. The summed E-state index contributed by atoms with van der Waals surface area (Å²) in [4.78, 5) is 14.7. The van der Waals surface area contributed by atoms with Crippen LogP contribution < -0.4 is 0 Å². The van der Waals surface area contributed by atoms with Gasteiger partial charge in [-0.15, -0.1) is 0 Å². The molecule has 0 aromatic carbocycles. The van der Waals surface area contributed by atoms with Crippen LogP contribution in [0.4, 0.5) is 0 Å². The fraction of sp³-hybridized carbons (Fsp3) is 0.333. The number of aromatic carboxylic acids is 1. The van der Waals surface area contributed by atoms with E-state index in [4.69, 9.17) is 16.7 Å². The van der Waals surface area contributed by atoms with Crippen molar-refractivity contribution in [3.63, 3.8) is 0 Å². The van der Waals surface area contributed by atoms with Crippen molar-refractivity contribution in [2.75, 3.05) is 5.75 Å². The second kappa shape index (κ2) is 3.71. The van der Waals surface area contributed by atoms with Crippen LogP contribution in [0.5, 0.6) is 0 Å². The molecule has 1 aromatic rings. The van der Waals surface area contributed by atoms with E-state index >= 15 is 0 Å². The van der Waals surface area contributed by atoms with Gasteiger partial charge in [-0.3, -0.25) is 0 Å². The molecular formula is C9H8ClNO4S. The molecule has 0 saturated heterocycles. The Kier molecular flexibility index (Phi) is 2.63. The SMILES string of the molecule is O=C(O)c1cc2c(nc1Cl)CCS(=O)(=O)C2. The fourth-order valence-corrected chi connectivity index (χ4v) is 3.23. The molecule has 0 saturated carbocycles. The number of aryl methyl sites for hydroxylation is 1. The van der Waals surface area contributed by atoms with Crippen LogP contribution in [0.25, 0.3) is 0 Å². The van der Waals surface area contributed by atoms with Gasteiger partial charge in [0.1, 0.15) is 5.15 Å². The first kappa shape index (κ1) is 11.3. The monoisotopic (exact) mass is 261 g/mol. The van der Waals surface area contributed by atoms with Gasteiger partial charge in [0.15, 0.2) is 9.84 Å². The lowest BCUT2D eigenvalue weighted by Gasteiger charge is -2.16. The summed E-state index contributed by atoms with van der Waals surface area (Å²) < 4.78 is 22.7. The van der Waals surface area contributed by atoms with Crippen molar-refractivity contribution in [2.24, 2.45) is 0 Å². The predicted octanol–water partition coefficient (Wildman–Crippen LogP) is 0.904. The maximum absolute atomic E-state index is 11.4. The number of carboxylic acid groups (broad SMARTS) is 1. The van der Waals surface area contributed by atoms with Crippen molar-refractivity contribution >= 4 is 27.4 Å². The molecule has 5 nitrogen and oxygen atoms in total.